The molecule has 0 heterocycles. The molecule has 16 heavy (non-hydrogen) atoms. The summed E-state index contributed by atoms with van der Waals surface area (Å²) in [6, 6.07) is 2.48. The molecule has 0 rings (SSSR count). The maximum atomic E-state index is 9.44. The Bertz CT molecular complexity index is 265. The van der Waals surface area contributed by atoms with E-state index in [1.165, 1.54) is 0 Å². The highest BCUT2D eigenvalue weighted by molar-refractivity contribution is 9.09. The molecule has 0 bridgehead atoms. The predicted octanol–water partition coefficient (Wildman–Crippen LogP) is 5.05. The van der Waals surface area contributed by atoms with Gasteiger partial charge in [0.2, 0.25) is 0 Å². The van der Waals surface area contributed by atoms with Crippen molar-refractivity contribution in [1.82, 2.24) is 0 Å². The molecule has 3 heteroatoms. The SMILES string of the molecule is CC(C)[Si](/C(C#N)=C/CBr)(C(C)C)C(C)C. The van der Waals surface area contributed by atoms with Crippen LogP contribution in [0.1, 0.15) is 41.5 Å². The lowest BCUT2D eigenvalue weighted by Crippen LogP contribution is -2.46. The number of rotatable bonds is 5. The minimum absolute atomic E-state index is 0.609. The molecule has 0 aromatic carbocycles. The number of nitrogens with zero attached hydrogens (tertiary/aromatic N) is 1. The van der Waals surface area contributed by atoms with Gasteiger partial charge in [0.15, 0.2) is 0 Å². The van der Waals surface area contributed by atoms with Gasteiger partial charge in [0.25, 0.3) is 0 Å². The van der Waals surface area contributed by atoms with Crippen LogP contribution >= 0.6 is 15.9 Å². The Balaban J connectivity index is 5.71. The van der Waals surface area contributed by atoms with Crippen LogP contribution in [-0.4, -0.2) is 13.4 Å². The smallest absolute Gasteiger partial charge is 0.107 e. The van der Waals surface area contributed by atoms with Crippen molar-refractivity contribution < 1.29 is 0 Å². The number of alkyl halides is 1. The summed E-state index contributed by atoms with van der Waals surface area (Å²) in [4.78, 5) is 0. The summed E-state index contributed by atoms with van der Waals surface area (Å²) in [5, 5.41) is 11.3. The van der Waals surface area contributed by atoms with Gasteiger partial charge in [0, 0.05) is 10.5 Å². The van der Waals surface area contributed by atoms with Crippen molar-refractivity contribution in [2.75, 3.05) is 5.33 Å². The second-order valence-corrected chi connectivity index (χ2v) is 11.8. The minimum Gasteiger partial charge on any atom is -0.193 e. The summed E-state index contributed by atoms with van der Waals surface area (Å²) >= 11 is 3.43. The van der Waals surface area contributed by atoms with Gasteiger partial charge >= 0.3 is 0 Å². The molecule has 0 aromatic heterocycles. The summed E-state index contributed by atoms with van der Waals surface area (Å²) in [6.07, 6.45) is 2.09. The van der Waals surface area contributed by atoms with Crippen LogP contribution in [0, 0.1) is 11.3 Å². The van der Waals surface area contributed by atoms with Crippen molar-refractivity contribution in [3.63, 3.8) is 0 Å². The van der Waals surface area contributed by atoms with Crippen LogP contribution in [0.25, 0.3) is 0 Å². The molecule has 1 nitrogen and oxygen atoms in total. The van der Waals surface area contributed by atoms with Crippen molar-refractivity contribution in [3.8, 4) is 6.07 Å². The van der Waals surface area contributed by atoms with Gasteiger partial charge in [-0.1, -0.05) is 63.5 Å². The first-order valence-electron chi connectivity index (χ1n) is 6.02. The van der Waals surface area contributed by atoms with Crippen LogP contribution in [0.4, 0.5) is 0 Å². The predicted molar refractivity (Wildman–Crippen MR) is 78.5 cm³/mol. The molecule has 0 saturated carbocycles. The van der Waals surface area contributed by atoms with Gasteiger partial charge < -0.3 is 0 Å². The second-order valence-electron chi connectivity index (χ2n) is 5.28. The number of hydrogen-bond donors (Lipinski definition) is 0. The Kier molecular flexibility index (Phi) is 6.58. The average molecular weight is 302 g/mol. The van der Waals surface area contributed by atoms with Gasteiger partial charge in [-0.05, 0) is 16.6 Å². The Morgan fingerprint density at radius 2 is 1.50 bits per heavy atom. The second kappa shape index (κ2) is 6.61. The van der Waals surface area contributed by atoms with E-state index in [-0.39, 0.29) is 0 Å². The Morgan fingerprint density at radius 3 is 1.69 bits per heavy atom. The van der Waals surface area contributed by atoms with Gasteiger partial charge in [-0.15, -0.1) is 0 Å². The fraction of sp³-hybridized carbons (Fsp3) is 0.769. The maximum absolute atomic E-state index is 9.44. The molecule has 0 amide bonds. The molecule has 0 fully saturated rings. The van der Waals surface area contributed by atoms with Crippen molar-refractivity contribution in [2.45, 2.75) is 58.2 Å². The Hall–Kier alpha value is -0.0731. The lowest BCUT2D eigenvalue weighted by Gasteiger charge is -2.42. The van der Waals surface area contributed by atoms with Crippen LogP contribution in [0.3, 0.4) is 0 Å². The molecule has 0 aliphatic carbocycles. The first kappa shape index (κ1) is 15.9. The van der Waals surface area contributed by atoms with Crippen LogP contribution < -0.4 is 0 Å². The van der Waals surface area contributed by atoms with E-state index in [9.17, 15) is 5.26 Å². The highest BCUT2D eigenvalue weighted by Crippen LogP contribution is 2.46. The molecule has 0 unspecified atom stereocenters. The van der Waals surface area contributed by atoms with Gasteiger partial charge in [0.05, 0.1) is 6.07 Å². The van der Waals surface area contributed by atoms with Crippen molar-refractivity contribution in [2.24, 2.45) is 0 Å². The van der Waals surface area contributed by atoms with Crippen molar-refractivity contribution in [1.29, 1.82) is 5.26 Å². The molecule has 0 aromatic rings. The lowest BCUT2D eigenvalue weighted by atomic mass is 10.5. The van der Waals surface area contributed by atoms with Gasteiger partial charge in [-0.2, -0.15) is 5.26 Å². The van der Waals surface area contributed by atoms with Gasteiger partial charge in [0.1, 0.15) is 8.07 Å². The molecule has 0 radical (unpaired) electrons. The topological polar surface area (TPSA) is 23.8 Å². The fourth-order valence-corrected chi connectivity index (χ4v) is 10.5. The van der Waals surface area contributed by atoms with Crippen LogP contribution in [0.2, 0.25) is 16.6 Å². The summed E-state index contributed by atoms with van der Waals surface area (Å²) < 4.78 is 0. The highest BCUT2D eigenvalue weighted by atomic mass is 79.9. The molecule has 0 N–H and O–H groups in total. The zero-order chi connectivity index (χ0) is 12.9. The largest absolute Gasteiger partial charge is 0.193 e. The van der Waals surface area contributed by atoms with Crippen LogP contribution in [-0.2, 0) is 0 Å². The van der Waals surface area contributed by atoms with E-state index in [0.29, 0.717) is 16.6 Å². The minimum atomic E-state index is -1.71. The first-order chi connectivity index (χ1) is 7.35. The monoisotopic (exact) mass is 301 g/mol. The quantitative estimate of drug-likeness (QED) is 0.396. The molecule has 0 atom stereocenters. The van der Waals surface area contributed by atoms with E-state index < -0.39 is 8.07 Å². The number of allylic oxidation sites excluding steroid dienone is 2. The zero-order valence-corrected chi connectivity index (χ0v) is 13.9. The first-order valence-corrected chi connectivity index (χ1v) is 9.37. The molecule has 0 aliphatic rings. The maximum Gasteiger partial charge on any atom is 0.107 e. The highest BCUT2D eigenvalue weighted by Gasteiger charge is 2.46. The van der Waals surface area contributed by atoms with E-state index >= 15 is 0 Å². The van der Waals surface area contributed by atoms with Crippen LogP contribution in [0.5, 0.6) is 0 Å². The molecule has 92 valence electrons. The molecular formula is C13H24BrNSi. The van der Waals surface area contributed by atoms with Gasteiger partial charge in [-0.3, -0.25) is 0 Å². The van der Waals surface area contributed by atoms with Crippen LogP contribution in [0.15, 0.2) is 11.3 Å². The molecule has 0 aliphatic heterocycles. The van der Waals surface area contributed by atoms with E-state index in [2.05, 4.69) is 69.6 Å². The third-order valence-corrected chi connectivity index (χ3v) is 11.0. The Morgan fingerprint density at radius 1 is 1.12 bits per heavy atom. The van der Waals surface area contributed by atoms with E-state index in [0.717, 1.165) is 10.5 Å². The zero-order valence-electron chi connectivity index (χ0n) is 11.3. The lowest BCUT2D eigenvalue weighted by molar-refractivity contribution is 0.827. The van der Waals surface area contributed by atoms with E-state index in [1.807, 2.05) is 0 Å². The normalized spacial score (nSPS) is 13.7. The molecular weight excluding hydrogens is 278 g/mol. The summed E-state index contributed by atoms with van der Waals surface area (Å²) in [7, 11) is -1.71. The number of hydrogen-bond acceptors (Lipinski definition) is 1. The fourth-order valence-electron chi connectivity index (χ4n) is 3.33. The van der Waals surface area contributed by atoms with Crippen molar-refractivity contribution >= 4 is 24.0 Å². The van der Waals surface area contributed by atoms with E-state index in [4.69, 9.17) is 0 Å². The number of halogens is 1. The average Bonchev–Trinajstić information content (AvgIpc) is 2.15. The van der Waals surface area contributed by atoms with Gasteiger partial charge in [-0.25, -0.2) is 0 Å². The summed E-state index contributed by atoms with van der Waals surface area (Å²) in [5.41, 5.74) is 1.83. The molecule has 0 saturated heterocycles. The van der Waals surface area contributed by atoms with E-state index in [1.54, 1.807) is 0 Å². The Labute approximate surface area is 110 Å². The summed E-state index contributed by atoms with van der Waals surface area (Å²) in [5.74, 6) is 0. The molecule has 0 spiro atoms. The standard InChI is InChI=1S/C13H24BrNSi/c1-10(2)16(11(3)4,12(5)6)13(9-15)7-8-14/h7,10-12H,8H2,1-6H3/b13-7+. The third-order valence-electron chi connectivity index (χ3n) is 3.73. The van der Waals surface area contributed by atoms with Crippen molar-refractivity contribution in [3.05, 3.63) is 11.3 Å². The third kappa shape index (κ3) is 2.78. The number of nitriles is 1. The summed E-state index contributed by atoms with van der Waals surface area (Å²) in [6.45, 7) is 13.7.